The van der Waals surface area contributed by atoms with Crippen LogP contribution in [0.2, 0.25) is 0 Å². The van der Waals surface area contributed by atoms with Crippen molar-refractivity contribution in [3.8, 4) is 0 Å². The van der Waals surface area contributed by atoms with E-state index in [0.717, 1.165) is 34.4 Å². The van der Waals surface area contributed by atoms with Crippen LogP contribution in [0.4, 0.5) is 5.69 Å². The zero-order chi connectivity index (χ0) is 16.1. The maximum absolute atomic E-state index is 11.9. The minimum Gasteiger partial charge on any atom is -0.459 e. The van der Waals surface area contributed by atoms with Gasteiger partial charge in [0.15, 0.2) is 5.76 Å². The van der Waals surface area contributed by atoms with Crippen molar-refractivity contribution in [2.24, 2.45) is 0 Å². The monoisotopic (exact) mass is 328 g/mol. The highest BCUT2D eigenvalue weighted by Gasteiger charge is 2.08. The number of thioether (sulfide) groups is 1. The Morgan fingerprint density at radius 3 is 2.78 bits per heavy atom. The number of carbonyl (C=O) groups is 1. The van der Waals surface area contributed by atoms with E-state index < -0.39 is 0 Å². The first kappa shape index (κ1) is 15.4. The number of H-pyrrole nitrogens is 1. The maximum atomic E-state index is 11.9. The zero-order valence-corrected chi connectivity index (χ0v) is 13.4. The van der Waals surface area contributed by atoms with E-state index in [1.807, 2.05) is 31.2 Å². The van der Waals surface area contributed by atoms with Crippen LogP contribution in [0.15, 0.2) is 52.2 Å². The third kappa shape index (κ3) is 4.01. The Labute approximate surface area is 137 Å². The fourth-order valence-corrected chi connectivity index (χ4v) is 2.71. The van der Waals surface area contributed by atoms with Crippen molar-refractivity contribution in [1.29, 1.82) is 0 Å². The minimum absolute atomic E-state index is 0.259. The van der Waals surface area contributed by atoms with Crippen molar-refractivity contribution in [3.63, 3.8) is 0 Å². The van der Waals surface area contributed by atoms with Gasteiger partial charge in [-0.15, -0.1) is 5.10 Å². The number of hydrogen-bond donors (Lipinski definition) is 2. The third-order valence-electron chi connectivity index (χ3n) is 3.17. The number of aromatic amines is 1. The lowest BCUT2D eigenvalue weighted by Gasteiger charge is -2.04. The molecule has 0 aliphatic rings. The fourth-order valence-electron chi connectivity index (χ4n) is 1.93. The van der Waals surface area contributed by atoms with Crippen molar-refractivity contribution in [2.75, 3.05) is 5.32 Å². The Hall–Kier alpha value is -2.54. The highest BCUT2D eigenvalue weighted by atomic mass is 32.2. The van der Waals surface area contributed by atoms with Crippen molar-refractivity contribution in [1.82, 2.24) is 15.2 Å². The summed E-state index contributed by atoms with van der Waals surface area (Å²) in [4.78, 5) is 16.2. The van der Waals surface area contributed by atoms with Crippen LogP contribution in [0.25, 0.3) is 0 Å². The number of nitrogens with zero attached hydrogens (tertiary/aromatic N) is 2. The molecule has 0 bridgehead atoms. The molecule has 3 rings (SSSR count). The lowest BCUT2D eigenvalue weighted by molar-refractivity contribution is 0.0996. The molecule has 0 saturated carbocycles. The van der Waals surface area contributed by atoms with Gasteiger partial charge in [-0.25, -0.2) is 4.98 Å². The van der Waals surface area contributed by atoms with Gasteiger partial charge in [0, 0.05) is 17.9 Å². The number of aromatic nitrogens is 3. The molecule has 2 N–H and O–H groups in total. The second-order valence-electron chi connectivity index (χ2n) is 4.84. The largest absolute Gasteiger partial charge is 0.459 e. The number of amides is 1. The molecular weight excluding hydrogens is 312 g/mol. The summed E-state index contributed by atoms with van der Waals surface area (Å²) in [6.07, 6.45) is 2.32. The molecule has 0 aliphatic carbocycles. The van der Waals surface area contributed by atoms with Gasteiger partial charge in [0.1, 0.15) is 5.82 Å². The average Bonchev–Trinajstić information content (AvgIpc) is 3.26. The number of benzene rings is 1. The van der Waals surface area contributed by atoms with Gasteiger partial charge in [0.05, 0.1) is 6.26 Å². The predicted molar refractivity (Wildman–Crippen MR) is 88.4 cm³/mol. The molecule has 0 fully saturated rings. The van der Waals surface area contributed by atoms with Gasteiger partial charge in [-0.1, -0.05) is 30.8 Å². The number of aryl methyl sites for hydroxylation is 1. The molecule has 0 atom stereocenters. The molecule has 23 heavy (non-hydrogen) atoms. The SMILES string of the molecule is CCc1nc(SCc2ccc(NC(=O)c3ccco3)cc2)n[nH]1. The van der Waals surface area contributed by atoms with E-state index in [-0.39, 0.29) is 5.91 Å². The van der Waals surface area contributed by atoms with Crippen LogP contribution in [-0.4, -0.2) is 21.1 Å². The van der Waals surface area contributed by atoms with E-state index in [9.17, 15) is 4.79 Å². The summed E-state index contributed by atoms with van der Waals surface area (Å²) >= 11 is 1.57. The van der Waals surface area contributed by atoms with Gasteiger partial charge in [-0.05, 0) is 29.8 Å². The van der Waals surface area contributed by atoms with Crippen molar-refractivity contribution in [3.05, 3.63) is 59.8 Å². The second-order valence-corrected chi connectivity index (χ2v) is 5.78. The Kier molecular flexibility index (Phi) is 4.77. The van der Waals surface area contributed by atoms with Crippen LogP contribution in [0, 0.1) is 0 Å². The average molecular weight is 328 g/mol. The van der Waals surface area contributed by atoms with Gasteiger partial charge in [-0.2, -0.15) is 0 Å². The first-order valence-electron chi connectivity index (χ1n) is 7.22. The summed E-state index contributed by atoms with van der Waals surface area (Å²) in [5, 5.41) is 10.6. The Morgan fingerprint density at radius 2 is 2.13 bits per heavy atom. The summed E-state index contributed by atoms with van der Waals surface area (Å²) in [7, 11) is 0. The fraction of sp³-hybridized carbons (Fsp3) is 0.188. The molecule has 1 amide bonds. The quantitative estimate of drug-likeness (QED) is 0.677. The number of nitrogens with one attached hydrogen (secondary N) is 2. The topological polar surface area (TPSA) is 83.8 Å². The molecule has 3 aromatic rings. The first-order valence-corrected chi connectivity index (χ1v) is 8.21. The summed E-state index contributed by atoms with van der Waals surface area (Å²) in [6.45, 7) is 2.03. The summed E-state index contributed by atoms with van der Waals surface area (Å²) < 4.78 is 5.06. The van der Waals surface area contributed by atoms with Crippen molar-refractivity contribution >= 4 is 23.4 Å². The summed E-state index contributed by atoms with van der Waals surface area (Å²) in [5.41, 5.74) is 1.86. The molecular formula is C16H16N4O2S. The molecule has 0 spiro atoms. The molecule has 6 nitrogen and oxygen atoms in total. The predicted octanol–water partition coefficient (Wildman–Crippen LogP) is 3.50. The lowest BCUT2D eigenvalue weighted by Crippen LogP contribution is -2.10. The number of furan rings is 1. The van der Waals surface area contributed by atoms with Gasteiger partial charge in [0.2, 0.25) is 5.16 Å². The smallest absolute Gasteiger partial charge is 0.291 e. The second kappa shape index (κ2) is 7.15. The normalized spacial score (nSPS) is 10.7. The van der Waals surface area contributed by atoms with E-state index in [1.165, 1.54) is 6.26 Å². The highest BCUT2D eigenvalue weighted by molar-refractivity contribution is 7.98. The maximum Gasteiger partial charge on any atom is 0.291 e. The molecule has 118 valence electrons. The minimum atomic E-state index is -0.259. The van der Waals surface area contributed by atoms with Gasteiger partial charge >= 0.3 is 0 Å². The molecule has 0 saturated heterocycles. The van der Waals surface area contributed by atoms with Crippen molar-refractivity contribution in [2.45, 2.75) is 24.3 Å². The number of carbonyl (C=O) groups excluding carboxylic acids is 1. The van der Waals surface area contributed by atoms with E-state index in [4.69, 9.17) is 4.42 Å². The van der Waals surface area contributed by atoms with E-state index in [0.29, 0.717) is 5.76 Å². The van der Waals surface area contributed by atoms with Crippen molar-refractivity contribution < 1.29 is 9.21 Å². The highest BCUT2D eigenvalue weighted by Crippen LogP contribution is 2.20. The van der Waals surface area contributed by atoms with Crippen LogP contribution in [0.5, 0.6) is 0 Å². The molecule has 2 heterocycles. The van der Waals surface area contributed by atoms with Crippen LogP contribution in [0.1, 0.15) is 28.9 Å². The Bertz CT molecular complexity index is 766. The van der Waals surface area contributed by atoms with Crippen LogP contribution in [-0.2, 0) is 12.2 Å². The van der Waals surface area contributed by atoms with Gasteiger partial charge in [-0.3, -0.25) is 9.89 Å². The van der Waals surface area contributed by atoms with Crippen LogP contribution >= 0.6 is 11.8 Å². The molecule has 1 aromatic carbocycles. The number of rotatable bonds is 6. The van der Waals surface area contributed by atoms with Crippen LogP contribution in [0.3, 0.4) is 0 Å². The lowest BCUT2D eigenvalue weighted by atomic mass is 10.2. The van der Waals surface area contributed by atoms with E-state index in [2.05, 4.69) is 20.5 Å². The third-order valence-corrected chi connectivity index (χ3v) is 4.09. The molecule has 7 heteroatoms. The zero-order valence-electron chi connectivity index (χ0n) is 12.6. The first-order chi connectivity index (χ1) is 11.2. The van der Waals surface area contributed by atoms with E-state index in [1.54, 1.807) is 23.9 Å². The molecule has 0 radical (unpaired) electrons. The Morgan fingerprint density at radius 1 is 1.30 bits per heavy atom. The summed E-state index contributed by atoms with van der Waals surface area (Å²) in [5.74, 6) is 1.70. The number of anilines is 1. The van der Waals surface area contributed by atoms with Crippen LogP contribution < -0.4 is 5.32 Å². The van der Waals surface area contributed by atoms with Gasteiger partial charge in [0.25, 0.3) is 5.91 Å². The summed E-state index contributed by atoms with van der Waals surface area (Å²) in [6, 6.07) is 11.0. The molecule has 0 unspecified atom stereocenters. The Balaban J connectivity index is 1.55. The van der Waals surface area contributed by atoms with E-state index >= 15 is 0 Å². The molecule has 0 aliphatic heterocycles. The van der Waals surface area contributed by atoms with Gasteiger partial charge < -0.3 is 9.73 Å². The standard InChI is InChI=1S/C16H16N4O2S/c1-2-14-18-16(20-19-14)23-10-11-5-7-12(8-6-11)17-15(21)13-4-3-9-22-13/h3-9H,2,10H2,1H3,(H,17,21)(H,18,19,20). The number of hydrogen-bond acceptors (Lipinski definition) is 5. The molecule has 2 aromatic heterocycles.